The van der Waals surface area contributed by atoms with Gasteiger partial charge in [0.25, 0.3) is 0 Å². The second-order valence-electron chi connectivity index (χ2n) is 4.68. The summed E-state index contributed by atoms with van der Waals surface area (Å²) in [5.41, 5.74) is 2.82. The highest BCUT2D eigenvalue weighted by Gasteiger charge is 2.12. The summed E-state index contributed by atoms with van der Waals surface area (Å²) in [5.74, 6) is 2.65. The Kier molecular flexibility index (Phi) is 4.90. The predicted octanol–water partition coefficient (Wildman–Crippen LogP) is 4.09. The van der Waals surface area contributed by atoms with Gasteiger partial charge in [-0.15, -0.1) is 11.8 Å². The maximum Gasteiger partial charge on any atom is 0.142 e. The Morgan fingerprint density at radius 1 is 1.23 bits per heavy atom. The van der Waals surface area contributed by atoms with E-state index >= 15 is 0 Å². The number of imidazole rings is 1. The number of hydrogen-bond donors (Lipinski definition) is 1. The molecular formula is C16H17N3OS2. The third kappa shape index (κ3) is 3.23. The van der Waals surface area contributed by atoms with Crippen LogP contribution in [0.4, 0.5) is 0 Å². The third-order valence-corrected chi connectivity index (χ3v) is 4.57. The first-order valence-corrected chi connectivity index (χ1v) is 9.53. The monoisotopic (exact) mass is 331 g/mol. The lowest BCUT2D eigenvalue weighted by Gasteiger charge is -2.11. The van der Waals surface area contributed by atoms with Gasteiger partial charge >= 0.3 is 0 Å². The topological polar surface area (TPSA) is 50.8 Å². The molecule has 4 nitrogen and oxygen atoms in total. The Balaban J connectivity index is 2.00. The van der Waals surface area contributed by atoms with Crippen molar-refractivity contribution in [3.63, 3.8) is 0 Å². The standard InChI is InChI=1S/C16H17N3OS2/c1-21-8-7-20-15-9-11(22-2)3-4-12(15)16-18-13-5-6-17-10-14(13)19-16/h3-6,9-10H,7-8H2,1-2H3,(H,18,19). The number of aromatic nitrogens is 3. The summed E-state index contributed by atoms with van der Waals surface area (Å²) >= 11 is 3.48. The zero-order valence-electron chi connectivity index (χ0n) is 12.5. The van der Waals surface area contributed by atoms with Crippen molar-refractivity contribution in [3.05, 3.63) is 36.7 Å². The molecule has 3 aromatic rings. The van der Waals surface area contributed by atoms with Crippen LogP contribution in [0.5, 0.6) is 5.75 Å². The van der Waals surface area contributed by atoms with Gasteiger partial charge in [0, 0.05) is 16.8 Å². The van der Waals surface area contributed by atoms with Gasteiger partial charge in [-0.05, 0) is 36.8 Å². The van der Waals surface area contributed by atoms with E-state index in [1.807, 2.05) is 6.07 Å². The van der Waals surface area contributed by atoms with Crippen molar-refractivity contribution in [2.75, 3.05) is 24.9 Å². The van der Waals surface area contributed by atoms with E-state index in [9.17, 15) is 0 Å². The van der Waals surface area contributed by atoms with E-state index in [-0.39, 0.29) is 0 Å². The maximum atomic E-state index is 5.96. The number of nitrogens with one attached hydrogen (secondary N) is 1. The van der Waals surface area contributed by atoms with Crippen molar-refractivity contribution in [3.8, 4) is 17.1 Å². The van der Waals surface area contributed by atoms with Gasteiger partial charge in [-0.25, -0.2) is 4.98 Å². The minimum absolute atomic E-state index is 0.688. The molecule has 1 aromatic carbocycles. The molecule has 0 saturated heterocycles. The van der Waals surface area contributed by atoms with Crippen LogP contribution in [0.3, 0.4) is 0 Å². The summed E-state index contributed by atoms with van der Waals surface area (Å²) in [6, 6.07) is 8.13. The van der Waals surface area contributed by atoms with Crippen LogP contribution in [0.1, 0.15) is 0 Å². The molecule has 6 heteroatoms. The van der Waals surface area contributed by atoms with E-state index in [4.69, 9.17) is 4.74 Å². The first kappa shape index (κ1) is 15.2. The fourth-order valence-corrected chi connectivity index (χ4v) is 2.84. The summed E-state index contributed by atoms with van der Waals surface area (Å²) in [7, 11) is 0. The van der Waals surface area contributed by atoms with Crippen LogP contribution in [0, 0.1) is 0 Å². The largest absolute Gasteiger partial charge is 0.492 e. The molecule has 0 unspecified atom stereocenters. The van der Waals surface area contributed by atoms with Crippen LogP contribution < -0.4 is 4.74 Å². The lowest BCUT2D eigenvalue weighted by molar-refractivity contribution is 0.344. The fraction of sp³-hybridized carbons (Fsp3) is 0.250. The Hall–Kier alpha value is -1.66. The molecule has 1 N–H and O–H groups in total. The Morgan fingerprint density at radius 2 is 2.14 bits per heavy atom. The van der Waals surface area contributed by atoms with E-state index in [1.165, 1.54) is 4.90 Å². The molecule has 22 heavy (non-hydrogen) atoms. The van der Waals surface area contributed by atoms with Crippen molar-refractivity contribution in [1.82, 2.24) is 15.0 Å². The molecule has 0 saturated carbocycles. The SMILES string of the molecule is CSCCOc1cc(SC)ccc1-c1nc2ccncc2[nH]1. The first-order valence-electron chi connectivity index (χ1n) is 6.91. The van der Waals surface area contributed by atoms with Crippen molar-refractivity contribution in [2.24, 2.45) is 0 Å². The lowest BCUT2D eigenvalue weighted by atomic mass is 10.2. The predicted molar refractivity (Wildman–Crippen MR) is 95.0 cm³/mol. The average Bonchev–Trinajstić information content (AvgIpc) is 2.98. The summed E-state index contributed by atoms with van der Waals surface area (Å²) in [5, 5.41) is 0. The van der Waals surface area contributed by atoms with Gasteiger partial charge in [0.1, 0.15) is 11.6 Å². The van der Waals surface area contributed by atoms with Gasteiger partial charge in [-0.3, -0.25) is 4.98 Å². The lowest BCUT2D eigenvalue weighted by Crippen LogP contribution is -2.01. The van der Waals surface area contributed by atoms with Crippen LogP contribution >= 0.6 is 23.5 Å². The smallest absolute Gasteiger partial charge is 0.142 e. The second-order valence-corrected chi connectivity index (χ2v) is 6.55. The Morgan fingerprint density at radius 3 is 2.91 bits per heavy atom. The van der Waals surface area contributed by atoms with E-state index in [2.05, 4.69) is 45.7 Å². The number of benzene rings is 1. The highest BCUT2D eigenvalue weighted by Crippen LogP contribution is 2.33. The van der Waals surface area contributed by atoms with E-state index in [0.29, 0.717) is 6.61 Å². The molecular weight excluding hydrogens is 314 g/mol. The molecule has 0 radical (unpaired) electrons. The Labute approximate surface area is 138 Å². The number of hydrogen-bond acceptors (Lipinski definition) is 5. The average molecular weight is 331 g/mol. The molecule has 2 heterocycles. The highest BCUT2D eigenvalue weighted by molar-refractivity contribution is 7.98. The molecule has 0 spiro atoms. The van der Waals surface area contributed by atoms with Crippen molar-refractivity contribution in [2.45, 2.75) is 4.90 Å². The summed E-state index contributed by atoms with van der Waals surface area (Å²) in [6.45, 7) is 0.688. The van der Waals surface area contributed by atoms with Gasteiger partial charge in [0.15, 0.2) is 0 Å². The molecule has 3 rings (SSSR count). The number of rotatable bonds is 6. The van der Waals surface area contributed by atoms with Gasteiger partial charge in [0.2, 0.25) is 0 Å². The summed E-state index contributed by atoms with van der Waals surface area (Å²) in [6.07, 6.45) is 7.68. The van der Waals surface area contributed by atoms with Gasteiger partial charge < -0.3 is 9.72 Å². The molecule has 0 aliphatic rings. The Bertz CT molecular complexity index is 740. The first-order chi connectivity index (χ1) is 10.8. The van der Waals surface area contributed by atoms with Crippen molar-refractivity contribution in [1.29, 1.82) is 0 Å². The fourth-order valence-electron chi connectivity index (χ4n) is 2.16. The molecule has 0 atom stereocenters. The number of thioether (sulfide) groups is 2. The number of H-pyrrole nitrogens is 1. The zero-order valence-corrected chi connectivity index (χ0v) is 14.1. The van der Waals surface area contributed by atoms with Gasteiger partial charge in [-0.1, -0.05) is 0 Å². The van der Waals surface area contributed by atoms with Crippen LogP contribution in [0.2, 0.25) is 0 Å². The quantitative estimate of drug-likeness (QED) is 0.544. The van der Waals surface area contributed by atoms with Crippen LogP contribution in [0.25, 0.3) is 22.4 Å². The van der Waals surface area contributed by atoms with Gasteiger partial charge in [0.05, 0.1) is 29.4 Å². The molecule has 0 aliphatic heterocycles. The maximum absolute atomic E-state index is 5.96. The van der Waals surface area contributed by atoms with Crippen LogP contribution in [-0.4, -0.2) is 39.8 Å². The minimum Gasteiger partial charge on any atom is -0.492 e. The number of fused-ring (bicyclic) bond motifs is 1. The normalized spacial score (nSPS) is 11.0. The van der Waals surface area contributed by atoms with Crippen LogP contribution in [-0.2, 0) is 0 Å². The van der Waals surface area contributed by atoms with Crippen molar-refractivity contribution >= 4 is 34.6 Å². The molecule has 0 aliphatic carbocycles. The number of nitrogens with zero attached hydrogens (tertiary/aromatic N) is 2. The third-order valence-electron chi connectivity index (χ3n) is 3.27. The number of aromatic amines is 1. The molecule has 114 valence electrons. The van der Waals surface area contributed by atoms with E-state index < -0.39 is 0 Å². The van der Waals surface area contributed by atoms with E-state index in [0.717, 1.165) is 33.9 Å². The number of ether oxygens (including phenoxy) is 1. The number of pyridine rings is 1. The highest BCUT2D eigenvalue weighted by atomic mass is 32.2. The molecule has 0 bridgehead atoms. The van der Waals surface area contributed by atoms with Crippen LogP contribution in [0.15, 0.2) is 41.6 Å². The van der Waals surface area contributed by atoms with Gasteiger partial charge in [-0.2, -0.15) is 11.8 Å². The summed E-state index contributed by atoms with van der Waals surface area (Å²) < 4.78 is 5.96. The molecule has 2 aromatic heterocycles. The molecule has 0 amide bonds. The minimum atomic E-state index is 0.688. The zero-order chi connectivity index (χ0) is 15.4. The van der Waals surface area contributed by atoms with E-state index in [1.54, 1.807) is 35.9 Å². The second kappa shape index (κ2) is 7.07. The summed E-state index contributed by atoms with van der Waals surface area (Å²) in [4.78, 5) is 13.3. The van der Waals surface area contributed by atoms with Crippen molar-refractivity contribution < 1.29 is 4.74 Å². The molecule has 0 fully saturated rings.